The molecule has 0 saturated heterocycles. The summed E-state index contributed by atoms with van der Waals surface area (Å²) in [5.74, 6) is -0.518. The van der Waals surface area contributed by atoms with E-state index in [-0.39, 0.29) is 5.69 Å². The van der Waals surface area contributed by atoms with Crippen molar-refractivity contribution in [1.29, 1.82) is 0 Å². The molecule has 0 atom stereocenters. The molecule has 1 N–H and O–H groups in total. The van der Waals surface area contributed by atoms with Crippen LogP contribution in [0.2, 0.25) is 5.15 Å². The standard InChI is InChI=1S/C20H20ClF3N4O/c1-10-11(2)17-25-15(9-28(17)27-16(10)21)12-6-7-13(20(22,23)24)14(8-12)26-18(29)19(3,4)5/h6-9H,1-5H3,(H,26,29). The van der Waals surface area contributed by atoms with Gasteiger partial charge in [0.25, 0.3) is 0 Å². The summed E-state index contributed by atoms with van der Waals surface area (Å²) < 4.78 is 41.8. The molecule has 3 rings (SSSR count). The smallest absolute Gasteiger partial charge is 0.325 e. The molecule has 0 fully saturated rings. The number of carbonyl (C=O) groups is 1. The van der Waals surface area contributed by atoms with E-state index in [1.54, 1.807) is 27.0 Å². The number of hydrogen-bond acceptors (Lipinski definition) is 3. The van der Waals surface area contributed by atoms with Gasteiger partial charge in [-0.3, -0.25) is 4.79 Å². The van der Waals surface area contributed by atoms with E-state index in [4.69, 9.17) is 11.6 Å². The maximum atomic E-state index is 13.4. The molecule has 0 spiro atoms. The summed E-state index contributed by atoms with van der Waals surface area (Å²) >= 11 is 6.11. The van der Waals surface area contributed by atoms with E-state index in [1.807, 2.05) is 13.8 Å². The molecule has 2 aromatic heterocycles. The van der Waals surface area contributed by atoms with E-state index < -0.39 is 23.1 Å². The Hall–Kier alpha value is -2.61. The lowest BCUT2D eigenvalue weighted by Crippen LogP contribution is -2.28. The Morgan fingerprint density at radius 2 is 1.79 bits per heavy atom. The monoisotopic (exact) mass is 424 g/mol. The van der Waals surface area contributed by atoms with Gasteiger partial charge in [0.1, 0.15) is 0 Å². The number of rotatable bonds is 2. The molecule has 1 aromatic carbocycles. The minimum atomic E-state index is -4.61. The zero-order chi connectivity index (χ0) is 21.7. The molecule has 0 radical (unpaired) electrons. The van der Waals surface area contributed by atoms with Gasteiger partial charge >= 0.3 is 6.18 Å². The molecule has 5 nitrogen and oxygen atoms in total. The summed E-state index contributed by atoms with van der Waals surface area (Å²) in [6.45, 7) is 8.54. The molecule has 3 aromatic rings. The summed E-state index contributed by atoms with van der Waals surface area (Å²) in [6.07, 6.45) is -3.02. The first kappa shape index (κ1) is 21.1. The van der Waals surface area contributed by atoms with Crippen LogP contribution in [0.4, 0.5) is 18.9 Å². The van der Waals surface area contributed by atoms with Crippen LogP contribution < -0.4 is 5.32 Å². The molecule has 0 unspecified atom stereocenters. The summed E-state index contributed by atoms with van der Waals surface area (Å²) in [4.78, 5) is 16.8. The number of hydrogen-bond donors (Lipinski definition) is 1. The first-order valence-corrected chi connectivity index (χ1v) is 9.22. The molecule has 2 heterocycles. The summed E-state index contributed by atoms with van der Waals surface area (Å²) in [7, 11) is 0. The predicted octanol–water partition coefficient (Wildman–Crippen LogP) is 5.67. The van der Waals surface area contributed by atoms with E-state index in [0.29, 0.717) is 22.1 Å². The van der Waals surface area contributed by atoms with Crippen LogP contribution in [0.15, 0.2) is 24.4 Å². The Balaban J connectivity index is 2.14. The van der Waals surface area contributed by atoms with E-state index in [0.717, 1.165) is 17.2 Å². The van der Waals surface area contributed by atoms with Gasteiger partial charge < -0.3 is 5.32 Å². The van der Waals surface area contributed by atoms with Crippen LogP contribution >= 0.6 is 11.6 Å². The molecule has 9 heteroatoms. The van der Waals surface area contributed by atoms with Gasteiger partial charge in [-0.15, -0.1) is 0 Å². The maximum absolute atomic E-state index is 13.4. The van der Waals surface area contributed by atoms with Crippen molar-refractivity contribution >= 4 is 28.8 Å². The Bertz CT molecular complexity index is 1110. The first-order valence-electron chi connectivity index (χ1n) is 8.84. The molecule has 0 aliphatic carbocycles. The lowest BCUT2D eigenvalue weighted by molar-refractivity contribution is -0.137. The minimum absolute atomic E-state index is 0.314. The molecule has 154 valence electrons. The third-order valence-corrected chi connectivity index (χ3v) is 5.00. The van der Waals surface area contributed by atoms with Gasteiger partial charge in [0.2, 0.25) is 5.91 Å². The number of aryl methyl sites for hydroxylation is 1. The maximum Gasteiger partial charge on any atom is 0.418 e. The van der Waals surface area contributed by atoms with Crippen LogP contribution in [-0.2, 0) is 11.0 Å². The van der Waals surface area contributed by atoms with Crippen LogP contribution in [-0.4, -0.2) is 20.5 Å². The van der Waals surface area contributed by atoms with Crippen molar-refractivity contribution in [2.75, 3.05) is 5.32 Å². The van der Waals surface area contributed by atoms with Crippen LogP contribution in [0, 0.1) is 19.3 Å². The number of nitrogens with zero attached hydrogens (tertiary/aromatic N) is 3. The van der Waals surface area contributed by atoms with E-state index in [9.17, 15) is 18.0 Å². The molecule has 0 saturated carbocycles. The fourth-order valence-corrected chi connectivity index (χ4v) is 2.92. The molecule has 1 amide bonds. The van der Waals surface area contributed by atoms with E-state index in [2.05, 4.69) is 15.4 Å². The van der Waals surface area contributed by atoms with Crippen molar-refractivity contribution in [3.8, 4) is 11.3 Å². The molecule has 0 aliphatic heterocycles. The van der Waals surface area contributed by atoms with Crippen LogP contribution in [0.3, 0.4) is 0 Å². The van der Waals surface area contributed by atoms with Gasteiger partial charge in [0, 0.05) is 11.0 Å². The molecular formula is C20H20ClF3N4O. The molecule has 0 bridgehead atoms. The second kappa shape index (κ2) is 7.02. The zero-order valence-electron chi connectivity index (χ0n) is 16.6. The van der Waals surface area contributed by atoms with Gasteiger partial charge in [-0.1, -0.05) is 38.4 Å². The van der Waals surface area contributed by atoms with Crippen molar-refractivity contribution in [1.82, 2.24) is 14.6 Å². The van der Waals surface area contributed by atoms with Crippen molar-refractivity contribution in [3.05, 3.63) is 46.2 Å². The number of aromatic nitrogens is 3. The summed E-state index contributed by atoms with van der Waals surface area (Å²) in [5.41, 5.74) is 0.912. The third-order valence-electron chi connectivity index (χ3n) is 4.64. The highest BCUT2D eigenvalue weighted by molar-refractivity contribution is 6.30. The van der Waals surface area contributed by atoms with Crippen molar-refractivity contribution < 1.29 is 18.0 Å². The predicted molar refractivity (Wildman–Crippen MR) is 106 cm³/mol. The van der Waals surface area contributed by atoms with Crippen molar-refractivity contribution in [2.24, 2.45) is 5.41 Å². The number of benzene rings is 1. The second-order valence-corrected chi connectivity index (χ2v) is 8.26. The highest BCUT2D eigenvalue weighted by Crippen LogP contribution is 2.38. The first-order chi connectivity index (χ1) is 13.3. The quantitative estimate of drug-likeness (QED) is 0.576. The summed E-state index contributed by atoms with van der Waals surface area (Å²) in [6, 6.07) is 3.54. The largest absolute Gasteiger partial charge is 0.418 e. The fourth-order valence-electron chi connectivity index (χ4n) is 2.70. The highest BCUT2D eigenvalue weighted by Gasteiger charge is 2.35. The third kappa shape index (κ3) is 4.07. The van der Waals surface area contributed by atoms with Crippen LogP contribution in [0.25, 0.3) is 16.9 Å². The normalized spacial score (nSPS) is 12.4. The number of imidazole rings is 1. The lowest BCUT2D eigenvalue weighted by Gasteiger charge is -2.20. The Labute approximate surface area is 170 Å². The van der Waals surface area contributed by atoms with Crippen molar-refractivity contribution in [3.63, 3.8) is 0 Å². The fraction of sp³-hybridized carbons (Fsp3) is 0.350. The number of fused-ring (bicyclic) bond motifs is 1. The van der Waals surface area contributed by atoms with Crippen LogP contribution in [0.1, 0.15) is 37.5 Å². The SMILES string of the molecule is Cc1c(Cl)nn2cc(-c3ccc(C(F)(F)F)c(NC(=O)C(C)(C)C)c3)nc2c1C. The molecule has 29 heavy (non-hydrogen) atoms. The van der Waals surface area contributed by atoms with Gasteiger partial charge in [0.15, 0.2) is 10.8 Å². The topological polar surface area (TPSA) is 59.3 Å². The van der Waals surface area contributed by atoms with Gasteiger partial charge in [-0.25, -0.2) is 9.50 Å². The average Bonchev–Trinajstić information content (AvgIpc) is 3.02. The minimum Gasteiger partial charge on any atom is -0.325 e. The number of anilines is 1. The second-order valence-electron chi connectivity index (χ2n) is 7.90. The molecule has 0 aliphatic rings. The number of amides is 1. The van der Waals surface area contributed by atoms with Crippen LogP contribution in [0.5, 0.6) is 0 Å². The highest BCUT2D eigenvalue weighted by atomic mass is 35.5. The number of nitrogens with one attached hydrogen (secondary N) is 1. The van der Waals surface area contributed by atoms with Crippen molar-refractivity contribution in [2.45, 2.75) is 40.8 Å². The Morgan fingerprint density at radius 3 is 2.38 bits per heavy atom. The number of halogens is 4. The number of alkyl halides is 3. The Morgan fingerprint density at radius 1 is 1.14 bits per heavy atom. The summed E-state index contributed by atoms with van der Waals surface area (Å²) in [5, 5.41) is 6.94. The average molecular weight is 425 g/mol. The zero-order valence-corrected chi connectivity index (χ0v) is 17.3. The van der Waals surface area contributed by atoms with E-state index in [1.165, 1.54) is 16.6 Å². The van der Waals surface area contributed by atoms with Gasteiger partial charge in [-0.2, -0.15) is 18.3 Å². The van der Waals surface area contributed by atoms with Gasteiger partial charge in [0.05, 0.1) is 23.1 Å². The molecular weight excluding hydrogens is 405 g/mol. The van der Waals surface area contributed by atoms with Gasteiger partial charge in [-0.05, 0) is 37.1 Å². The number of carbonyl (C=O) groups excluding carboxylic acids is 1. The van der Waals surface area contributed by atoms with E-state index >= 15 is 0 Å². The lowest BCUT2D eigenvalue weighted by atomic mass is 9.95. The Kier molecular flexibility index (Phi) is 5.11.